The zero-order valence-electron chi connectivity index (χ0n) is 28.5. The summed E-state index contributed by atoms with van der Waals surface area (Å²) in [6.45, 7) is 7.41. The first kappa shape index (κ1) is 35.9. The van der Waals surface area contributed by atoms with E-state index in [1.807, 2.05) is 26.1 Å². The molecule has 260 valence electrons. The lowest BCUT2D eigenvalue weighted by Gasteiger charge is -2.32. The molecule has 0 saturated carbocycles. The fraction of sp³-hybridized carbons (Fsp3) is 0.514. The Labute approximate surface area is 286 Å². The average Bonchev–Trinajstić information content (AvgIpc) is 3.56. The van der Waals surface area contributed by atoms with Gasteiger partial charge in [0.1, 0.15) is 11.6 Å². The molecule has 0 unspecified atom stereocenters. The highest BCUT2D eigenvalue weighted by Crippen LogP contribution is 2.37. The summed E-state index contributed by atoms with van der Waals surface area (Å²) >= 11 is 1.74. The molecule has 0 spiro atoms. The van der Waals surface area contributed by atoms with E-state index in [0.29, 0.717) is 37.0 Å². The molecule has 0 aliphatic carbocycles. The van der Waals surface area contributed by atoms with Gasteiger partial charge in [0.05, 0.1) is 31.2 Å². The van der Waals surface area contributed by atoms with Crippen LogP contribution in [-0.2, 0) is 6.54 Å². The van der Waals surface area contributed by atoms with Crippen molar-refractivity contribution in [2.45, 2.75) is 77.6 Å². The van der Waals surface area contributed by atoms with Gasteiger partial charge in [0.15, 0.2) is 11.5 Å². The monoisotopic (exact) mass is 683 g/mol. The van der Waals surface area contributed by atoms with Crippen molar-refractivity contribution in [2.24, 2.45) is 5.92 Å². The van der Waals surface area contributed by atoms with Gasteiger partial charge in [-0.15, -0.1) is 11.3 Å². The Hall–Kier alpha value is -3.41. The van der Waals surface area contributed by atoms with Crippen molar-refractivity contribution in [1.82, 2.24) is 20.2 Å². The number of thiophene rings is 1. The number of halogens is 3. The molecule has 1 fully saturated rings. The number of rotatable bonds is 16. The highest BCUT2D eigenvalue weighted by atomic mass is 32.1. The summed E-state index contributed by atoms with van der Waals surface area (Å²) in [6.07, 6.45) is 1.51. The number of hydrogen-bond acceptors (Lipinski definition) is 8. The Balaban J connectivity index is 1.13. The highest BCUT2D eigenvalue weighted by Gasteiger charge is 2.40. The van der Waals surface area contributed by atoms with Gasteiger partial charge in [0.25, 0.3) is 0 Å². The predicted octanol–water partition coefficient (Wildman–Crippen LogP) is 9.17. The van der Waals surface area contributed by atoms with Crippen LogP contribution in [0.25, 0.3) is 22.0 Å². The molecule has 1 aliphatic heterocycles. The van der Waals surface area contributed by atoms with Gasteiger partial charge in [-0.25, -0.2) is 9.97 Å². The molecular weight excluding hydrogens is 636 g/mol. The second kappa shape index (κ2) is 16.8. The smallest absolute Gasteiger partial charge is 0.391 e. The van der Waals surface area contributed by atoms with Crippen molar-refractivity contribution >= 4 is 28.1 Å². The van der Waals surface area contributed by atoms with E-state index in [2.05, 4.69) is 58.2 Å². The zero-order valence-corrected chi connectivity index (χ0v) is 29.3. The standard InChI is InChI=1S/C37H48F3N5O2S/c1-25(35-20-28(24-48-35)30-13-9-8-12-27(30)23-41-3)42-36-31-21-33(46-4)34(22-32(31)43-26(2)44-36)47-19-11-7-5-6-10-16-45-17-14-29(15-18-45)37(38,39)40/h8-9,12-13,20-22,24-25,29,41H,5-7,10-11,14-19,23H2,1-4H3,(H,42,43,44)/t25-/m1/s1. The minimum Gasteiger partial charge on any atom is -0.493 e. The van der Waals surface area contributed by atoms with Crippen molar-refractivity contribution in [3.8, 4) is 22.6 Å². The van der Waals surface area contributed by atoms with Gasteiger partial charge in [-0.3, -0.25) is 0 Å². The fourth-order valence-electron chi connectivity index (χ4n) is 6.41. The maximum atomic E-state index is 12.9. The molecular formula is C37H48F3N5O2S. The molecule has 0 bridgehead atoms. The van der Waals surface area contributed by atoms with Crippen LogP contribution in [0.15, 0.2) is 47.8 Å². The molecule has 11 heteroatoms. The SMILES string of the molecule is CNCc1ccccc1-c1csc([C@@H](C)Nc2nc(C)nc3cc(OCCCCCCCN4CCC(C(F)(F)F)CC4)c(OC)cc23)c1. The average molecular weight is 684 g/mol. The Kier molecular flexibility index (Phi) is 12.6. The van der Waals surface area contributed by atoms with Crippen LogP contribution >= 0.6 is 11.3 Å². The lowest BCUT2D eigenvalue weighted by atomic mass is 9.96. The van der Waals surface area contributed by atoms with Crippen LogP contribution in [0, 0.1) is 12.8 Å². The summed E-state index contributed by atoms with van der Waals surface area (Å²) in [5, 5.41) is 9.97. The van der Waals surface area contributed by atoms with Crippen LogP contribution in [-0.4, -0.2) is 61.4 Å². The van der Waals surface area contributed by atoms with E-state index >= 15 is 0 Å². The lowest BCUT2D eigenvalue weighted by molar-refractivity contribution is -0.185. The van der Waals surface area contributed by atoms with Crippen molar-refractivity contribution in [3.63, 3.8) is 0 Å². The molecule has 2 N–H and O–H groups in total. The summed E-state index contributed by atoms with van der Waals surface area (Å²) in [5.74, 6) is 1.60. The van der Waals surface area contributed by atoms with Gasteiger partial charge in [0.2, 0.25) is 0 Å². The number of unbranched alkanes of at least 4 members (excludes halogenated alkanes) is 4. The van der Waals surface area contributed by atoms with Crippen molar-refractivity contribution in [3.05, 3.63) is 64.1 Å². The van der Waals surface area contributed by atoms with Crippen LogP contribution in [0.3, 0.4) is 0 Å². The molecule has 1 atom stereocenters. The van der Waals surface area contributed by atoms with Crippen molar-refractivity contribution < 1.29 is 22.6 Å². The molecule has 0 radical (unpaired) electrons. The number of nitrogens with zero attached hydrogens (tertiary/aromatic N) is 3. The number of ether oxygens (including phenoxy) is 2. The molecule has 7 nitrogen and oxygen atoms in total. The first-order valence-electron chi connectivity index (χ1n) is 17.0. The third kappa shape index (κ3) is 9.39. The summed E-state index contributed by atoms with van der Waals surface area (Å²) in [4.78, 5) is 12.9. The molecule has 5 rings (SSSR count). The highest BCUT2D eigenvalue weighted by molar-refractivity contribution is 7.10. The number of aryl methyl sites for hydroxylation is 1. The van der Waals surface area contributed by atoms with Crippen LogP contribution in [0.1, 0.15) is 74.2 Å². The maximum absolute atomic E-state index is 12.9. The van der Waals surface area contributed by atoms with E-state index in [1.165, 1.54) is 21.6 Å². The van der Waals surface area contributed by atoms with Crippen LogP contribution in [0.5, 0.6) is 11.5 Å². The fourth-order valence-corrected chi connectivity index (χ4v) is 7.33. The molecule has 4 aromatic rings. The molecule has 1 saturated heterocycles. The minimum atomic E-state index is -4.05. The lowest BCUT2D eigenvalue weighted by Crippen LogP contribution is -2.39. The third-order valence-corrected chi connectivity index (χ3v) is 10.2. The number of hydrogen-bond donors (Lipinski definition) is 2. The van der Waals surface area contributed by atoms with E-state index in [0.717, 1.165) is 61.9 Å². The Morgan fingerprint density at radius 2 is 1.75 bits per heavy atom. The number of aromatic nitrogens is 2. The minimum absolute atomic E-state index is 0.0289. The Morgan fingerprint density at radius 1 is 1.00 bits per heavy atom. The number of methoxy groups -OCH3 is 1. The number of piperidine rings is 1. The number of benzene rings is 2. The largest absolute Gasteiger partial charge is 0.493 e. The second-order valence-corrected chi connectivity index (χ2v) is 13.6. The van der Waals surface area contributed by atoms with Gasteiger partial charge < -0.3 is 25.0 Å². The molecule has 2 aromatic carbocycles. The number of alkyl halides is 3. The normalized spacial score (nSPS) is 15.1. The molecule has 2 aromatic heterocycles. The Morgan fingerprint density at radius 3 is 2.50 bits per heavy atom. The van der Waals surface area contributed by atoms with Crippen molar-refractivity contribution in [2.75, 3.05) is 45.7 Å². The molecule has 48 heavy (non-hydrogen) atoms. The van der Waals surface area contributed by atoms with Gasteiger partial charge in [0, 0.05) is 22.9 Å². The van der Waals surface area contributed by atoms with E-state index in [1.54, 1.807) is 18.4 Å². The predicted molar refractivity (Wildman–Crippen MR) is 189 cm³/mol. The number of nitrogens with one attached hydrogen (secondary N) is 2. The van der Waals surface area contributed by atoms with Gasteiger partial charge in [-0.1, -0.05) is 43.5 Å². The van der Waals surface area contributed by atoms with E-state index in [-0.39, 0.29) is 18.9 Å². The first-order chi connectivity index (χ1) is 23.2. The number of fused-ring (bicyclic) bond motifs is 1. The zero-order chi connectivity index (χ0) is 34.1. The van der Waals surface area contributed by atoms with E-state index < -0.39 is 12.1 Å². The summed E-state index contributed by atoms with van der Waals surface area (Å²) in [6, 6.07) is 14.7. The number of anilines is 1. The molecule has 0 amide bonds. The maximum Gasteiger partial charge on any atom is 0.391 e. The molecule has 3 heterocycles. The summed E-state index contributed by atoms with van der Waals surface area (Å²) < 4.78 is 50.6. The van der Waals surface area contributed by atoms with E-state index in [4.69, 9.17) is 19.4 Å². The third-order valence-electron chi connectivity index (χ3n) is 9.12. The van der Waals surface area contributed by atoms with Crippen LogP contribution < -0.4 is 20.1 Å². The van der Waals surface area contributed by atoms with Gasteiger partial charge >= 0.3 is 6.18 Å². The molecule has 1 aliphatic rings. The first-order valence-corrected chi connectivity index (χ1v) is 17.9. The van der Waals surface area contributed by atoms with E-state index in [9.17, 15) is 13.2 Å². The quantitative estimate of drug-likeness (QED) is 0.114. The van der Waals surface area contributed by atoms with Crippen LogP contribution in [0.2, 0.25) is 0 Å². The van der Waals surface area contributed by atoms with Crippen LogP contribution in [0.4, 0.5) is 19.0 Å². The second-order valence-electron chi connectivity index (χ2n) is 12.7. The van der Waals surface area contributed by atoms with Crippen molar-refractivity contribution in [1.29, 1.82) is 0 Å². The van der Waals surface area contributed by atoms with Gasteiger partial charge in [-0.2, -0.15) is 13.2 Å². The summed E-state index contributed by atoms with van der Waals surface area (Å²) in [7, 11) is 3.61. The summed E-state index contributed by atoms with van der Waals surface area (Å²) in [5.41, 5.74) is 4.51. The van der Waals surface area contributed by atoms with Gasteiger partial charge in [-0.05, 0) is 100 Å². The number of likely N-dealkylation sites (tertiary alicyclic amines) is 1. The topological polar surface area (TPSA) is 71.5 Å². The Bertz CT molecular complexity index is 1620.